The summed E-state index contributed by atoms with van der Waals surface area (Å²) < 4.78 is 1.94. The Hall–Kier alpha value is -3.48. The van der Waals surface area contributed by atoms with Gasteiger partial charge in [-0.3, -0.25) is 9.78 Å². The molecule has 0 unspecified atom stereocenters. The van der Waals surface area contributed by atoms with E-state index in [2.05, 4.69) is 39.3 Å². The van der Waals surface area contributed by atoms with Crippen molar-refractivity contribution < 1.29 is 4.79 Å². The van der Waals surface area contributed by atoms with Gasteiger partial charge in [-0.2, -0.15) is 0 Å². The van der Waals surface area contributed by atoms with Crippen molar-refractivity contribution in [1.82, 2.24) is 24.7 Å². The molecule has 1 amide bonds. The highest BCUT2D eigenvalue weighted by molar-refractivity contribution is 6.12. The number of nitrogens with zero attached hydrogens (tertiary/aromatic N) is 4. The minimum atomic E-state index is -0.176. The van der Waals surface area contributed by atoms with Gasteiger partial charge in [0.25, 0.3) is 5.91 Å². The molecule has 0 aliphatic carbocycles. The Balaban J connectivity index is 1.63. The summed E-state index contributed by atoms with van der Waals surface area (Å²) >= 11 is 0. The molecule has 2 N–H and O–H groups in total. The predicted molar refractivity (Wildman–Crippen MR) is 99.9 cm³/mol. The number of hydrogen-bond donors (Lipinski definition) is 2. The fourth-order valence-electron chi connectivity index (χ4n) is 2.89. The highest BCUT2D eigenvalue weighted by atomic mass is 16.1. The van der Waals surface area contributed by atoms with Crippen LogP contribution in [0.25, 0.3) is 22.4 Å². The van der Waals surface area contributed by atoms with Gasteiger partial charge in [0, 0.05) is 35.0 Å². The lowest BCUT2D eigenvalue weighted by Gasteiger charge is -2.10. The number of benzene rings is 1. The van der Waals surface area contributed by atoms with Crippen LogP contribution >= 0.6 is 0 Å². The van der Waals surface area contributed by atoms with Gasteiger partial charge < -0.3 is 14.9 Å². The van der Waals surface area contributed by atoms with E-state index in [-0.39, 0.29) is 11.9 Å². The van der Waals surface area contributed by atoms with Crippen molar-refractivity contribution >= 4 is 22.5 Å². The first-order valence-electron chi connectivity index (χ1n) is 8.37. The molecule has 0 aliphatic rings. The molecule has 4 aromatic rings. The van der Waals surface area contributed by atoms with Gasteiger partial charge in [-0.15, -0.1) is 10.2 Å². The lowest BCUT2D eigenvalue weighted by molar-refractivity contribution is 0.102. The third kappa shape index (κ3) is 2.83. The Bertz CT molecular complexity index is 1080. The van der Waals surface area contributed by atoms with Gasteiger partial charge >= 0.3 is 0 Å². The third-order valence-electron chi connectivity index (χ3n) is 4.21. The maximum Gasteiger partial charge on any atom is 0.257 e. The first-order valence-corrected chi connectivity index (χ1v) is 8.37. The van der Waals surface area contributed by atoms with Crippen molar-refractivity contribution in [3.8, 4) is 11.5 Å². The SMILES string of the molecule is CC(C)n1cnnc1-c1cc(NC(=O)c2c[nH]c3ccccc23)ccn1. The van der Waals surface area contributed by atoms with Crippen molar-refractivity contribution in [3.05, 3.63) is 60.7 Å². The Morgan fingerprint density at radius 1 is 1.23 bits per heavy atom. The maximum atomic E-state index is 12.7. The molecule has 0 saturated carbocycles. The van der Waals surface area contributed by atoms with Crippen LogP contribution in [-0.4, -0.2) is 30.6 Å². The number of aromatic amines is 1. The highest BCUT2D eigenvalue weighted by Crippen LogP contribution is 2.22. The molecule has 3 heterocycles. The largest absolute Gasteiger partial charge is 0.360 e. The average molecular weight is 346 g/mol. The van der Waals surface area contributed by atoms with Gasteiger partial charge in [-0.25, -0.2) is 0 Å². The first-order chi connectivity index (χ1) is 12.6. The summed E-state index contributed by atoms with van der Waals surface area (Å²) in [6.07, 6.45) is 5.05. The number of nitrogens with one attached hydrogen (secondary N) is 2. The Morgan fingerprint density at radius 2 is 2.08 bits per heavy atom. The number of fused-ring (bicyclic) bond motifs is 1. The zero-order chi connectivity index (χ0) is 18.1. The zero-order valence-corrected chi connectivity index (χ0v) is 14.5. The van der Waals surface area contributed by atoms with Crippen molar-refractivity contribution in [3.63, 3.8) is 0 Å². The van der Waals surface area contributed by atoms with Crippen LogP contribution in [0.5, 0.6) is 0 Å². The van der Waals surface area contributed by atoms with Crippen LogP contribution in [0, 0.1) is 0 Å². The molecule has 0 atom stereocenters. The number of anilines is 1. The molecule has 1 aromatic carbocycles. The number of H-pyrrole nitrogens is 1. The van der Waals surface area contributed by atoms with Crippen LogP contribution in [0.2, 0.25) is 0 Å². The lowest BCUT2D eigenvalue weighted by Crippen LogP contribution is -2.11. The molecule has 0 saturated heterocycles. The van der Waals surface area contributed by atoms with E-state index in [1.165, 1.54) is 0 Å². The summed E-state index contributed by atoms with van der Waals surface area (Å²) in [5, 5.41) is 11.9. The summed E-state index contributed by atoms with van der Waals surface area (Å²) in [5.74, 6) is 0.494. The number of amides is 1. The fraction of sp³-hybridized carbons (Fsp3) is 0.158. The molecule has 0 spiro atoms. The molecule has 4 rings (SSSR count). The van der Waals surface area contributed by atoms with Crippen LogP contribution in [0.4, 0.5) is 5.69 Å². The number of carbonyl (C=O) groups is 1. The molecule has 130 valence electrons. The van der Waals surface area contributed by atoms with E-state index in [0.29, 0.717) is 22.8 Å². The van der Waals surface area contributed by atoms with E-state index >= 15 is 0 Å². The minimum absolute atomic E-state index is 0.176. The van der Waals surface area contributed by atoms with E-state index in [0.717, 1.165) is 10.9 Å². The smallest absolute Gasteiger partial charge is 0.257 e. The van der Waals surface area contributed by atoms with Crippen LogP contribution in [-0.2, 0) is 0 Å². The van der Waals surface area contributed by atoms with E-state index in [1.54, 1.807) is 30.9 Å². The van der Waals surface area contributed by atoms with Crippen molar-refractivity contribution in [2.75, 3.05) is 5.32 Å². The molecule has 7 heteroatoms. The number of hydrogen-bond acceptors (Lipinski definition) is 4. The molecule has 0 bridgehead atoms. The van der Waals surface area contributed by atoms with Crippen molar-refractivity contribution in [2.24, 2.45) is 0 Å². The van der Waals surface area contributed by atoms with Gasteiger partial charge in [-0.1, -0.05) is 18.2 Å². The molecule has 0 fully saturated rings. The van der Waals surface area contributed by atoms with Gasteiger partial charge in [0.1, 0.15) is 12.0 Å². The molecular formula is C19H18N6O. The highest BCUT2D eigenvalue weighted by Gasteiger charge is 2.14. The number of para-hydroxylation sites is 1. The summed E-state index contributed by atoms with van der Waals surface area (Å²) in [7, 11) is 0. The minimum Gasteiger partial charge on any atom is -0.360 e. The van der Waals surface area contributed by atoms with Crippen LogP contribution < -0.4 is 5.32 Å². The lowest BCUT2D eigenvalue weighted by atomic mass is 10.1. The molecule has 3 aromatic heterocycles. The first kappa shape index (κ1) is 16.0. The topological polar surface area (TPSA) is 88.5 Å². The van der Waals surface area contributed by atoms with Gasteiger partial charge in [-0.05, 0) is 32.0 Å². The summed E-state index contributed by atoms with van der Waals surface area (Å²) in [6.45, 7) is 4.10. The van der Waals surface area contributed by atoms with Gasteiger partial charge in [0.05, 0.1) is 5.56 Å². The predicted octanol–water partition coefficient (Wildman–Crippen LogP) is 3.65. The van der Waals surface area contributed by atoms with E-state index in [9.17, 15) is 4.79 Å². The maximum absolute atomic E-state index is 12.7. The van der Waals surface area contributed by atoms with Crippen LogP contribution in [0.1, 0.15) is 30.2 Å². The Morgan fingerprint density at radius 3 is 2.92 bits per heavy atom. The molecule has 0 aliphatic heterocycles. The third-order valence-corrected chi connectivity index (χ3v) is 4.21. The molecule has 0 radical (unpaired) electrons. The number of rotatable bonds is 4. The number of carbonyl (C=O) groups excluding carboxylic acids is 1. The van der Waals surface area contributed by atoms with Crippen LogP contribution in [0.3, 0.4) is 0 Å². The summed E-state index contributed by atoms with van der Waals surface area (Å²) in [6, 6.07) is 11.5. The molecule has 26 heavy (non-hydrogen) atoms. The van der Waals surface area contributed by atoms with Crippen molar-refractivity contribution in [2.45, 2.75) is 19.9 Å². The second-order valence-electron chi connectivity index (χ2n) is 6.29. The van der Waals surface area contributed by atoms with Gasteiger partial charge in [0.15, 0.2) is 5.82 Å². The second kappa shape index (κ2) is 6.44. The standard InChI is InChI=1S/C19H18N6O/c1-12(2)25-11-22-24-18(25)17-9-13(7-8-20-17)23-19(26)15-10-21-16-6-4-3-5-14(15)16/h3-12,21H,1-2H3,(H,20,23,26). The molecule has 7 nitrogen and oxygen atoms in total. The quantitative estimate of drug-likeness (QED) is 0.590. The second-order valence-corrected chi connectivity index (χ2v) is 6.29. The van der Waals surface area contributed by atoms with E-state index < -0.39 is 0 Å². The van der Waals surface area contributed by atoms with Crippen LogP contribution in [0.15, 0.2) is 55.1 Å². The Labute approximate surface area is 150 Å². The average Bonchev–Trinajstić information content (AvgIpc) is 3.29. The fourth-order valence-corrected chi connectivity index (χ4v) is 2.89. The van der Waals surface area contributed by atoms with E-state index in [1.807, 2.05) is 28.8 Å². The van der Waals surface area contributed by atoms with Crippen molar-refractivity contribution in [1.29, 1.82) is 0 Å². The summed E-state index contributed by atoms with van der Waals surface area (Å²) in [5.41, 5.74) is 2.85. The number of pyridine rings is 1. The summed E-state index contributed by atoms with van der Waals surface area (Å²) in [4.78, 5) is 20.2. The van der Waals surface area contributed by atoms with Gasteiger partial charge in [0.2, 0.25) is 0 Å². The molecular weight excluding hydrogens is 328 g/mol. The Kier molecular flexibility index (Phi) is 3.96. The van der Waals surface area contributed by atoms with E-state index in [4.69, 9.17) is 0 Å². The zero-order valence-electron chi connectivity index (χ0n) is 14.5. The number of aromatic nitrogens is 5. The monoisotopic (exact) mass is 346 g/mol. The normalized spacial score (nSPS) is 11.2.